The molecule has 0 saturated heterocycles. The summed E-state index contributed by atoms with van der Waals surface area (Å²) in [5.74, 6) is 1.05. The Morgan fingerprint density at radius 1 is 1.33 bits per heavy atom. The summed E-state index contributed by atoms with van der Waals surface area (Å²) in [6, 6.07) is 8.16. The molecule has 96 valence electrons. The van der Waals surface area contributed by atoms with E-state index in [9.17, 15) is 4.79 Å². The second kappa shape index (κ2) is 5.46. The zero-order chi connectivity index (χ0) is 13.1. The van der Waals surface area contributed by atoms with E-state index < -0.39 is 0 Å². The lowest BCUT2D eigenvalue weighted by Crippen LogP contribution is -2.17. The maximum Gasteiger partial charge on any atom is 0.271 e. The summed E-state index contributed by atoms with van der Waals surface area (Å²) in [5, 5.41) is 3.05. The molecule has 0 saturated carbocycles. The van der Waals surface area contributed by atoms with Crippen molar-refractivity contribution >= 4 is 11.8 Å². The normalized spacial score (nSPS) is 10.8. The molecule has 0 spiro atoms. The van der Waals surface area contributed by atoms with E-state index in [4.69, 9.17) is 5.73 Å². The first-order valence-electron chi connectivity index (χ1n) is 5.88. The minimum Gasteiger partial charge on any atom is -0.326 e. The number of hydrogen-bond donors (Lipinski definition) is 2. The number of aryl methyl sites for hydroxylation is 1. The zero-order valence-electron chi connectivity index (χ0n) is 10.6. The third kappa shape index (κ3) is 2.37. The molecule has 0 fully saturated rings. The van der Waals surface area contributed by atoms with E-state index >= 15 is 0 Å². The molecule has 0 unspecified atom stereocenters. The summed E-state index contributed by atoms with van der Waals surface area (Å²) in [5.41, 5.74) is 8.03. The van der Waals surface area contributed by atoms with Gasteiger partial charge < -0.3 is 5.73 Å². The molecule has 2 rings (SSSR count). The molecule has 0 amide bonds. The molecule has 1 aromatic heterocycles. The van der Waals surface area contributed by atoms with Gasteiger partial charge >= 0.3 is 0 Å². The Morgan fingerprint density at radius 2 is 2.00 bits per heavy atom. The topological polar surface area (TPSA) is 63.8 Å². The van der Waals surface area contributed by atoms with Crippen LogP contribution in [0.4, 0.5) is 0 Å². The number of nitrogens with two attached hydrogens (primary N) is 1. The van der Waals surface area contributed by atoms with Gasteiger partial charge in [0, 0.05) is 24.1 Å². The summed E-state index contributed by atoms with van der Waals surface area (Å²) in [6.07, 6.45) is 0. The van der Waals surface area contributed by atoms with Crippen LogP contribution >= 0.6 is 11.8 Å². The van der Waals surface area contributed by atoms with Crippen LogP contribution < -0.4 is 11.3 Å². The molecule has 5 heteroatoms. The molecular weight excluding hydrogens is 246 g/mol. The molecular formula is C13H17N3OS. The molecule has 18 heavy (non-hydrogen) atoms. The highest BCUT2D eigenvalue weighted by molar-refractivity contribution is 7.99. The highest BCUT2D eigenvalue weighted by atomic mass is 32.2. The summed E-state index contributed by atoms with van der Waals surface area (Å²) in [4.78, 5) is 13.0. The lowest BCUT2D eigenvalue weighted by atomic mass is 10.1. The third-order valence-corrected chi connectivity index (χ3v) is 3.70. The Bertz CT molecular complexity index is 583. The average Bonchev–Trinajstić information content (AvgIpc) is 2.67. The number of H-pyrrole nitrogens is 1. The minimum absolute atomic E-state index is 0.0560. The Hall–Kier alpha value is -1.46. The predicted octanol–water partition coefficient (Wildman–Crippen LogP) is 1.95. The van der Waals surface area contributed by atoms with Crippen molar-refractivity contribution < 1.29 is 0 Å². The van der Waals surface area contributed by atoms with Gasteiger partial charge in [-0.1, -0.05) is 19.1 Å². The van der Waals surface area contributed by atoms with Crippen molar-refractivity contribution in [3.8, 4) is 11.3 Å². The van der Waals surface area contributed by atoms with Crippen LogP contribution in [0, 0.1) is 0 Å². The summed E-state index contributed by atoms with van der Waals surface area (Å²) in [6.45, 7) is 2.37. The van der Waals surface area contributed by atoms with E-state index in [1.54, 1.807) is 18.8 Å². The molecule has 0 aliphatic heterocycles. The quantitative estimate of drug-likeness (QED) is 0.829. The first-order valence-corrected chi connectivity index (χ1v) is 6.87. The Labute approximate surface area is 110 Å². The van der Waals surface area contributed by atoms with Crippen LogP contribution in [0.25, 0.3) is 11.3 Å². The molecule has 1 heterocycles. The van der Waals surface area contributed by atoms with E-state index in [1.807, 2.05) is 12.1 Å². The fraction of sp³-hybridized carbons (Fsp3) is 0.308. The molecule has 0 aliphatic rings. The standard InChI is InChI=1S/C13H17N3OS/c1-3-18-10-6-4-9(5-7-10)12-11(8-14)13(17)16(2)15-12/h4-7,15H,3,8,14H2,1-2H3. The van der Waals surface area contributed by atoms with Gasteiger partial charge in [0.15, 0.2) is 0 Å². The molecule has 0 bridgehead atoms. The molecule has 0 radical (unpaired) electrons. The lowest BCUT2D eigenvalue weighted by molar-refractivity contribution is 0.739. The monoisotopic (exact) mass is 263 g/mol. The van der Waals surface area contributed by atoms with Crippen molar-refractivity contribution in [3.05, 3.63) is 40.2 Å². The fourth-order valence-corrected chi connectivity index (χ4v) is 2.57. The number of hydrogen-bond acceptors (Lipinski definition) is 3. The number of nitrogens with zero attached hydrogens (tertiary/aromatic N) is 1. The van der Waals surface area contributed by atoms with Crippen LogP contribution in [0.5, 0.6) is 0 Å². The minimum atomic E-state index is -0.0560. The van der Waals surface area contributed by atoms with E-state index in [0.29, 0.717) is 5.56 Å². The molecule has 3 N–H and O–H groups in total. The lowest BCUT2D eigenvalue weighted by Gasteiger charge is -2.03. The molecule has 1 aromatic carbocycles. The van der Waals surface area contributed by atoms with Gasteiger partial charge in [-0.3, -0.25) is 14.6 Å². The van der Waals surface area contributed by atoms with Crippen LogP contribution in [0.2, 0.25) is 0 Å². The Kier molecular flexibility index (Phi) is 3.93. The van der Waals surface area contributed by atoms with Crippen LogP contribution in [0.15, 0.2) is 34.0 Å². The first kappa shape index (κ1) is 13.0. The maximum absolute atomic E-state index is 11.8. The van der Waals surface area contributed by atoms with E-state index in [0.717, 1.165) is 17.0 Å². The predicted molar refractivity (Wildman–Crippen MR) is 75.8 cm³/mol. The van der Waals surface area contributed by atoms with Gasteiger partial charge in [-0.05, 0) is 17.9 Å². The van der Waals surface area contributed by atoms with Gasteiger partial charge in [-0.15, -0.1) is 11.8 Å². The number of thioether (sulfide) groups is 1. The third-order valence-electron chi connectivity index (χ3n) is 2.80. The molecule has 2 aromatic rings. The number of rotatable bonds is 4. The summed E-state index contributed by atoms with van der Waals surface area (Å²) < 4.78 is 1.46. The van der Waals surface area contributed by atoms with Crippen LogP contribution in [-0.4, -0.2) is 15.5 Å². The van der Waals surface area contributed by atoms with Crippen molar-refractivity contribution in [1.82, 2.24) is 9.78 Å². The number of benzene rings is 1. The number of aromatic nitrogens is 2. The van der Waals surface area contributed by atoms with Crippen molar-refractivity contribution in [1.29, 1.82) is 0 Å². The van der Waals surface area contributed by atoms with Gasteiger partial charge in [-0.25, -0.2) is 0 Å². The largest absolute Gasteiger partial charge is 0.326 e. The van der Waals surface area contributed by atoms with Crippen LogP contribution in [-0.2, 0) is 13.6 Å². The Morgan fingerprint density at radius 3 is 2.56 bits per heavy atom. The highest BCUT2D eigenvalue weighted by Gasteiger charge is 2.12. The average molecular weight is 263 g/mol. The summed E-state index contributed by atoms with van der Waals surface area (Å²) in [7, 11) is 1.70. The fourth-order valence-electron chi connectivity index (χ4n) is 1.91. The van der Waals surface area contributed by atoms with Gasteiger partial charge in [-0.2, -0.15) is 0 Å². The highest BCUT2D eigenvalue weighted by Crippen LogP contribution is 2.24. The molecule has 0 aliphatic carbocycles. The van der Waals surface area contributed by atoms with Gasteiger partial charge in [0.25, 0.3) is 5.56 Å². The molecule has 0 atom stereocenters. The van der Waals surface area contributed by atoms with Crippen molar-refractivity contribution in [2.45, 2.75) is 18.4 Å². The van der Waals surface area contributed by atoms with Gasteiger partial charge in [0.2, 0.25) is 0 Å². The smallest absolute Gasteiger partial charge is 0.271 e. The SMILES string of the molecule is CCSc1ccc(-c2[nH]n(C)c(=O)c2CN)cc1. The van der Waals surface area contributed by atoms with Crippen molar-refractivity contribution in [2.24, 2.45) is 12.8 Å². The van der Waals surface area contributed by atoms with Crippen molar-refractivity contribution in [2.75, 3.05) is 5.75 Å². The maximum atomic E-state index is 11.8. The van der Waals surface area contributed by atoms with Crippen LogP contribution in [0.1, 0.15) is 12.5 Å². The van der Waals surface area contributed by atoms with Crippen LogP contribution in [0.3, 0.4) is 0 Å². The number of nitrogens with one attached hydrogen (secondary N) is 1. The van der Waals surface area contributed by atoms with Crippen molar-refractivity contribution in [3.63, 3.8) is 0 Å². The zero-order valence-corrected chi connectivity index (χ0v) is 11.4. The van der Waals surface area contributed by atoms with E-state index in [2.05, 4.69) is 24.2 Å². The number of aromatic amines is 1. The second-order valence-corrected chi connectivity index (χ2v) is 5.33. The van der Waals surface area contributed by atoms with Gasteiger partial charge in [0.1, 0.15) is 0 Å². The van der Waals surface area contributed by atoms with E-state index in [-0.39, 0.29) is 12.1 Å². The Balaban J connectivity index is 2.42. The van der Waals surface area contributed by atoms with Gasteiger partial charge in [0.05, 0.1) is 11.3 Å². The molecule has 4 nitrogen and oxygen atoms in total. The van der Waals surface area contributed by atoms with E-state index in [1.165, 1.54) is 9.58 Å². The second-order valence-electron chi connectivity index (χ2n) is 3.99. The summed E-state index contributed by atoms with van der Waals surface area (Å²) >= 11 is 1.80. The first-order chi connectivity index (χ1) is 8.67.